The molecule has 0 radical (unpaired) electrons. The molecule has 0 aliphatic carbocycles. The molecule has 3 nitrogen and oxygen atoms in total. The molecule has 1 aromatic carbocycles. The molecule has 0 aliphatic rings. The van der Waals surface area contributed by atoms with Gasteiger partial charge in [-0.15, -0.1) is 0 Å². The van der Waals surface area contributed by atoms with Crippen molar-refractivity contribution < 1.29 is 22.3 Å². The van der Waals surface area contributed by atoms with Gasteiger partial charge < -0.3 is 4.74 Å². The zero-order valence-electron chi connectivity index (χ0n) is 15.6. The average molecular weight is 394 g/mol. The van der Waals surface area contributed by atoms with E-state index in [1.54, 1.807) is 12.4 Å². The SMILES string of the molecule is CCCCCCCc1cnc(C#Cc2ccc(OC(F)(F)C(F)F)cc2)nc1. The van der Waals surface area contributed by atoms with Crippen LogP contribution in [0.4, 0.5) is 17.6 Å². The number of aromatic nitrogens is 2. The number of halogens is 4. The van der Waals surface area contributed by atoms with Gasteiger partial charge in [0.2, 0.25) is 5.82 Å². The van der Waals surface area contributed by atoms with E-state index in [1.807, 2.05) is 0 Å². The molecule has 1 aromatic heterocycles. The minimum atomic E-state index is -4.53. The highest BCUT2D eigenvalue weighted by Gasteiger charge is 2.43. The molecule has 0 bridgehead atoms. The summed E-state index contributed by atoms with van der Waals surface area (Å²) in [5, 5.41) is 0. The number of aryl methyl sites for hydroxylation is 1. The number of alkyl halides is 4. The van der Waals surface area contributed by atoms with Gasteiger partial charge in [-0.3, -0.25) is 0 Å². The van der Waals surface area contributed by atoms with Crippen molar-refractivity contribution in [3.63, 3.8) is 0 Å². The van der Waals surface area contributed by atoms with Crippen LogP contribution in [0.1, 0.15) is 56.0 Å². The van der Waals surface area contributed by atoms with Gasteiger partial charge in [0, 0.05) is 18.0 Å². The number of benzene rings is 1. The van der Waals surface area contributed by atoms with Crippen LogP contribution in [-0.4, -0.2) is 22.5 Å². The van der Waals surface area contributed by atoms with Crippen LogP contribution in [0.15, 0.2) is 36.7 Å². The number of hydrogen-bond donors (Lipinski definition) is 0. The van der Waals surface area contributed by atoms with Crippen LogP contribution in [0, 0.1) is 11.8 Å². The Hall–Kier alpha value is -2.62. The van der Waals surface area contributed by atoms with E-state index < -0.39 is 12.5 Å². The van der Waals surface area contributed by atoms with Gasteiger partial charge in [-0.05, 0) is 48.6 Å². The van der Waals surface area contributed by atoms with Crippen LogP contribution >= 0.6 is 0 Å². The maximum atomic E-state index is 12.9. The van der Waals surface area contributed by atoms with E-state index in [2.05, 4.69) is 33.5 Å². The Morgan fingerprint density at radius 3 is 2.21 bits per heavy atom. The molecule has 0 spiro atoms. The summed E-state index contributed by atoms with van der Waals surface area (Å²) in [5.74, 6) is 5.55. The quantitative estimate of drug-likeness (QED) is 0.314. The number of ether oxygens (including phenoxy) is 1. The second kappa shape index (κ2) is 10.6. The Morgan fingerprint density at radius 2 is 1.61 bits per heavy atom. The number of hydrogen-bond acceptors (Lipinski definition) is 3. The summed E-state index contributed by atoms with van der Waals surface area (Å²) < 4.78 is 53.9. The van der Waals surface area contributed by atoms with Crippen molar-refractivity contribution in [2.75, 3.05) is 0 Å². The van der Waals surface area contributed by atoms with Crippen molar-refractivity contribution >= 4 is 0 Å². The van der Waals surface area contributed by atoms with Gasteiger partial charge in [0.15, 0.2) is 0 Å². The molecule has 2 rings (SSSR count). The third-order valence-corrected chi connectivity index (χ3v) is 3.96. The van der Waals surface area contributed by atoms with Crippen LogP contribution in [0.5, 0.6) is 5.75 Å². The smallest absolute Gasteiger partial charge is 0.428 e. The molecule has 7 heteroatoms. The second-order valence-corrected chi connectivity index (χ2v) is 6.32. The highest BCUT2D eigenvalue weighted by atomic mass is 19.3. The third kappa shape index (κ3) is 7.18. The Balaban J connectivity index is 1.89. The highest BCUT2D eigenvalue weighted by Crippen LogP contribution is 2.27. The molecule has 0 N–H and O–H groups in total. The highest BCUT2D eigenvalue weighted by molar-refractivity contribution is 5.41. The van der Waals surface area contributed by atoms with E-state index >= 15 is 0 Å². The lowest BCUT2D eigenvalue weighted by Crippen LogP contribution is -2.33. The molecule has 1 heterocycles. The molecular weight excluding hydrogens is 372 g/mol. The molecular formula is C21H22F4N2O. The topological polar surface area (TPSA) is 35.0 Å². The molecule has 0 fully saturated rings. The largest absolute Gasteiger partial charge is 0.461 e. The van der Waals surface area contributed by atoms with Gasteiger partial charge in [-0.25, -0.2) is 9.97 Å². The second-order valence-electron chi connectivity index (χ2n) is 6.32. The minimum Gasteiger partial charge on any atom is -0.428 e. The number of unbranched alkanes of at least 4 members (excludes halogenated alkanes) is 4. The Kier molecular flexibility index (Phi) is 8.24. The van der Waals surface area contributed by atoms with E-state index in [9.17, 15) is 17.6 Å². The van der Waals surface area contributed by atoms with Gasteiger partial charge in [0.1, 0.15) is 5.75 Å². The lowest BCUT2D eigenvalue weighted by Gasteiger charge is -2.16. The first-order valence-electron chi connectivity index (χ1n) is 9.18. The van der Waals surface area contributed by atoms with Crippen LogP contribution < -0.4 is 4.74 Å². The Morgan fingerprint density at radius 1 is 0.964 bits per heavy atom. The van der Waals surface area contributed by atoms with Crippen molar-refractivity contribution in [1.29, 1.82) is 0 Å². The summed E-state index contributed by atoms with van der Waals surface area (Å²) in [4.78, 5) is 8.40. The maximum absolute atomic E-state index is 12.9. The lowest BCUT2D eigenvalue weighted by atomic mass is 10.1. The van der Waals surface area contributed by atoms with Crippen molar-refractivity contribution in [3.05, 3.63) is 53.6 Å². The van der Waals surface area contributed by atoms with Crippen molar-refractivity contribution in [3.8, 4) is 17.6 Å². The minimum absolute atomic E-state index is 0.347. The molecule has 0 atom stereocenters. The normalized spacial score (nSPS) is 11.2. The van der Waals surface area contributed by atoms with Gasteiger partial charge in [0.25, 0.3) is 0 Å². The number of nitrogens with zero attached hydrogens (tertiary/aromatic N) is 2. The maximum Gasteiger partial charge on any atom is 0.461 e. The third-order valence-electron chi connectivity index (χ3n) is 3.96. The fraction of sp³-hybridized carbons (Fsp3) is 0.429. The van der Waals surface area contributed by atoms with Crippen LogP contribution in [0.2, 0.25) is 0 Å². The standard InChI is InChI=1S/C21H22F4N2O/c1-2-3-4-5-6-7-17-14-26-19(27-15-17)13-10-16-8-11-18(12-9-16)28-21(24,25)20(22)23/h8-9,11-12,14-15,20H,2-7H2,1H3. The predicted octanol–water partition coefficient (Wildman–Crippen LogP) is 5.63. The van der Waals surface area contributed by atoms with Gasteiger partial charge in [-0.2, -0.15) is 17.6 Å². The fourth-order valence-corrected chi connectivity index (χ4v) is 2.42. The predicted molar refractivity (Wildman–Crippen MR) is 98.5 cm³/mol. The van der Waals surface area contributed by atoms with E-state index in [4.69, 9.17) is 0 Å². The molecule has 28 heavy (non-hydrogen) atoms. The summed E-state index contributed by atoms with van der Waals surface area (Å²) in [5.41, 5.74) is 1.56. The fourth-order valence-electron chi connectivity index (χ4n) is 2.42. The van der Waals surface area contributed by atoms with E-state index in [0.717, 1.165) is 30.5 Å². The molecule has 0 saturated heterocycles. The van der Waals surface area contributed by atoms with Gasteiger partial charge in [-0.1, -0.05) is 38.5 Å². The zero-order chi connectivity index (χ0) is 20.4. The Bertz CT molecular complexity index is 781. The van der Waals surface area contributed by atoms with E-state index in [0.29, 0.717) is 11.4 Å². The summed E-state index contributed by atoms with van der Waals surface area (Å²) in [7, 11) is 0. The van der Waals surface area contributed by atoms with Gasteiger partial charge >= 0.3 is 12.5 Å². The summed E-state index contributed by atoms with van der Waals surface area (Å²) in [6, 6.07) is 5.11. The first kappa shape index (κ1) is 21.7. The van der Waals surface area contributed by atoms with Gasteiger partial charge in [0.05, 0.1) is 0 Å². The van der Waals surface area contributed by atoms with Crippen molar-refractivity contribution in [1.82, 2.24) is 9.97 Å². The first-order valence-corrected chi connectivity index (χ1v) is 9.18. The van der Waals surface area contributed by atoms with Crippen LogP contribution in [-0.2, 0) is 6.42 Å². The van der Waals surface area contributed by atoms with Crippen molar-refractivity contribution in [2.24, 2.45) is 0 Å². The van der Waals surface area contributed by atoms with Crippen LogP contribution in [0.3, 0.4) is 0 Å². The Labute approximate surface area is 162 Å². The lowest BCUT2D eigenvalue weighted by molar-refractivity contribution is -0.253. The molecule has 0 aliphatic heterocycles. The monoisotopic (exact) mass is 394 g/mol. The number of rotatable bonds is 9. The summed E-state index contributed by atoms with van der Waals surface area (Å²) in [6.45, 7) is 2.18. The molecule has 150 valence electrons. The summed E-state index contributed by atoms with van der Waals surface area (Å²) >= 11 is 0. The zero-order valence-corrected chi connectivity index (χ0v) is 15.6. The molecule has 0 saturated carbocycles. The summed E-state index contributed by atoms with van der Waals surface area (Å²) in [6.07, 6.45) is 2.02. The average Bonchev–Trinajstić information content (AvgIpc) is 2.68. The molecule has 0 amide bonds. The van der Waals surface area contributed by atoms with E-state index in [1.165, 1.54) is 37.8 Å². The first-order chi connectivity index (χ1) is 13.4. The van der Waals surface area contributed by atoms with E-state index in [-0.39, 0.29) is 5.75 Å². The van der Waals surface area contributed by atoms with Crippen LogP contribution in [0.25, 0.3) is 0 Å². The molecule has 2 aromatic rings. The molecule has 0 unspecified atom stereocenters. The van der Waals surface area contributed by atoms with Crippen molar-refractivity contribution in [2.45, 2.75) is 58.0 Å².